The summed E-state index contributed by atoms with van der Waals surface area (Å²) in [5.41, 5.74) is 0.555. The van der Waals surface area contributed by atoms with E-state index in [4.69, 9.17) is 4.74 Å². The van der Waals surface area contributed by atoms with E-state index in [1.165, 1.54) is 38.9 Å². The van der Waals surface area contributed by atoms with Crippen molar-refractivity contribution in [3.05, 3.63) is 23.8 Å². The number of benzene rings is 1. The molecule has 1 saturated heterocycles. The smallest absolute Gasteiger partial charge is 0.254 e. The number of phenols is 1. The summed E-state index contributed by atoms with van der Waals surface area (Å²) in [5, 5.41) is 9.88. The molecule has 4 nitrogen and oxygen atoms in total. The molecule has 1 amide bonds. The molecule has 21 heavy (non-hydrogen) atoms. The number of hydrogen-bond acceptors (Lipinski definition) is 3. The highest BCUT2D eigenvalue weighted by molar-refractivity contribution is 5.95. The lowest BCUT2D eigenvalue weighted by Crippen LogP contribution is -2.49. The van der Waals surface area contributed by atoms with Gasteiger partial charge in [-0.2, -0.15) is 0 Å². The Morgan fingerprint density at radius 3 is 2.76 bits per heavy atom. The molecule has 1 aromatic carbocycles. The van der Waals surface area contributed by atoms with Gasteiger partial charge in [-0.15, -0.1) is 0 Å². The van der Waals surface area contributed by atoms with Gasteiger partial charge >= 0.3 is 0 Å². The maximum atomic E-state index is 12.8. The summed E-state index contributed by atoms with van der Waals surface area (Å²) in [5.74, 6) is 1.15. The molecule has 1 heterocycles. The standard InChI is InChI=1S/C17H23NO3/c1-21-16-9-8-13(11-15(16)19)17(20)18-10-4-6-12-5-2-3-7-14(12)18/h8-9,11-12,14,19H,2-7,10H2,1H3. The summed E-state index contributed by atoms with van der Waals surface area (Å²) in [6, 6.07) is 5.32. The van der Waals surface area contributed by atoms with Crippen LogP contribution in [0.1, 0.15) is 48.9 Å². The van der Waals surface area contributed by atoms with Crippen molar-refractivity contribution in [1.29, 1.82) is 0 Å². The largest absolute Gasteiger partial charge is 0.504 e. The summed E-state index contributed by atoms with van der Waals surface area (Å²) in [6.45, 7) is 0.840. The van der Waals surface area contributed by atoms with Crippen molar-refractivity contribution in [2.24, 2.45) is 5.92 Å². The Balaban J connectivity index is 1.81. The molecule has 0 radical (unpaired) electrons. The lowest BCUT2D eigenvalue weighted by molar-refractivity contribution is 0.0390. The molecule has 1 aliphatic carbocycles. The molecule has 0 bridgehead atoms. The van der Waals surface area contributed by atoms with Gasteiger partial charge in [0, 0.05) is 18.2 Å². The number of aromatic hydroxyl groups is 1. The van der Waals surface area contributed by atoms with Crippen LogP contribution in [0, 0.1) is 5.92 Å². The van der Waals surface area contributed by atoms with E-state index in [-0.39, 0.29) is 11.7 Å². The number of fused-ring (bicyclic) bond motifs is 1. The van der Waals surface area contributed by atoms with Gasteiger partial charge in [-0.25, -0.2) is 0 Å². The van der Waals surface area contributed by atoms with Crippen molar-refractivity contribution in [2.75, 3.05) is 13.7 Å². The van der Waals surface area contributed by atoms with Crippen molar-refractivity contribution < 1.29 is 14.6 Å². The molecule has 2 unspecified atom stereocenters. The van der Waals surface area contributed by atoms with E-state index in [2.05, 4.69) is 0 Å². The van der Waals surface area contributed by atoms with Crippen LogP contribution in [-0.2, 0) is 0 Å². The molecular formula is C17H23NO3. The first-order valence-electron chi connectivity index (χ1n) is 7.88. The van der Waals surface area contributed by atoms with E-state index in [1.807, 2.05) is 4.90 Å². The fourth-order valence-electron chi connectivity index (χ4n) is 3.87. The Kier molecular flexibility index (Phi) is 4.04. The van der Waals surface area contributed by atoms with Crippen LogP contribution >= 0.6 is 0 Å². The number of rotatable bonds is 2. The van der Waals surface area contributed by atoms with E-state index in [0.29, 0.717) is 23.3 Å². The highest BCUT2D eigenvalue weighted by atomic mass is 16.5. The van der Waals surface area contributed by atoms with Gasteiger partial charge in [0.2, 0.25) is 0 Å². The maximum absolute atomic E-state index is 12.8. The predicted molar refractivity (Wildman–Crippen MR) is 80.7 cm³/mol. The van der Waals surface area contributed by atoms with E-state index < -0.39 is 0 Å². The molecule has 1 aromatic rings. The molecule has 0 spiro atoms. The van der Waals surface area contributed by atoms with Gasteiger partial charge in [0.1, 0.15) is 0 Å². The molecule has 0 aromatic heterocycles. The highest BCUT2D eigenvalue weighted by Gasteiger charge is 2.36. The third-order valence-electron chi connectivity index (χ3n) is 4.93. The highest BCUT2D eigenvalue weighted by Crippen LogP contribution is 2.36. The summed E-state index contributed by atoms with van der Waals surface area (Å²) in [6.07, 6.45) is 7.24. The summed E-state index contributed by atoms with van der Waals surface area (Å²) in [4.78, 5) is 14.8. The van der Waals surface area contributed by atoms with Crippen LogP contribution < -0.4 is 4.74 Å². The van der Waals surface area contributed by atoms with E-state index in [1.54, 1.807) is 12.1 Å². The van der Waals surface area contributed by atoms with Crippen LogP contribution in [0.25, 0.3) is 0 Å². The number of carbonyl (C=O) groups excluding carboxylic acids is 1. The minimum atomic E-state index is 0.0283. The van der Waals surface area contributed by atoms with Crippen LogP contribution in [0.15, 0.2) is 18.2 Å². The number of carbonyl (C=O) groups is 1. The third kappa shape index (κ3) is 2.71. The molecule has 2 aliphatic rings. The summed E-state index contributed by atoms with van der Waals surface area (Å²) >= 11 is 0. The first-order chi connectivity index (χ1) is 10.2. The van der Waals surface area contributed by atoms with Gasteiger partial charge in [-0.1, -0.05) is 12.8 Å². The third-order valence-corrected chi connectivity index (χ3v) is 4.93. The van der Waals surface area contributed by atoms with Gasteiger partial charge in [-0.3, -0.25) is 4.79 Å². The summed E-state index contributed by atoms with van der Waals surface area (Å²) < 4.78 is 5.04. The number of piperidine rings is 1. The summed E-state index contributed by atoms with van der Waals surface area (Å²) in [7, 11) is 1.51. The number of methoxy groups -OCH3 is 1. The SMILES string of the molecule is COc1ccc(C(=O)N2CCCC3CCCCC32)cc1O. The number of phenolic OH excluding ortho intramolecular Hbond substituents is 1. The Morgan fingerprint density at radius 1 is 1.24 bits per heavy atom. The number of amides is 1. The normalized spacial score (nSPS) is 25.3. The predicted octanol–water partition coefficient (Wildman–Crippen LogP) is 3.20. The topological polar surface area (TPSA) is 49.8 Å². The number of ether oxygens (including phenoxy) is 1. The van der Waals surface area contributed by atoms with Crippen LogP contribution in [-0.4, -0.2) is 35.6 Å². The van der Waals surface area contributed by atoms with Crippen LogP contribution in [0.2, 0.25) is 0 Å². The second-order valence-corrected chi connectivity index (χ2v) is 6.14. The first-order valence-corrected chi connectivity index (χ1v) is 7.88. The monoisotopic (exact) mass is 289 g/mol. The van der Waals surface area contributed by atoms with Crippen LogP contribution in [0.5, 0.6) is 11.5 Å². The second-order valence-electron chi connectivity index (χ2n) is 6.14. The number of hydrogen-bond donors (Lipinski definition) is 1. The molecular weight excluding hydrogens is 266 g/mol. The zero-order valence-corrected chi connectivity index (χ0v) is 12.5. The number of likely N-dealkylation sites (tertiary alicyclic amines) is 1. The van der Waals surface area contributed by atoms with Gasteiger partial charge in [0.15, 0.2) is 11.5 Å². The van der Waals surface area contributed by atoms with E-state index >= 15 is 0 Å². The molecule has 2 fully saturated rings. The molecule has 1 N–H and O–H groups in total. The van der Waals surface area contributed by atoms with E-state index in [9.17, 15) is 9.90 Å². The fourth-order valence-corrected chi connectivity index (χ4v) is 3.87. The lowest BCUT2D eigenvalue weighted by Gasteiger charge is -2.44. The minimum Gasteiger partial charge on any atom is -0.504 e. The lowest BCUT2D eigenvalue weighted by atomic mass is 9.78. The molecule has 4 heteroatoms. The van der Waals surface area contributed by atoms with Crippen molar-refractivity contribution in [1.82, 2.24) is 4.90 Å². The van der Waals surface area contributed by atoms with Gasteiger partial charge in [0.25, 0.3) is 5.91 Å². The van der Waals surface area contributed by atoms with Crippen LogP contribution in [0.3, 0.4) is 0 Å². The number of nitrogens with zero attached hydrogens (tertiary/aromatic N) is 1. The molecule has 114 valence electrons. The van der Waals surface area contributed by atoms with Crippen LogP contribution in [0.4, 0.5) is 0 Å². The average molecular weight is 289 g/mol. The van der Waals surface area contributed by atoms with Gasteiger partial charge < -0.3 is 14.7 Å². The van der Waals surface area contributed by atoms with Gasteiger partial charge in [-0.05, 0) is 49.8 Å². The Bertz CT molecular complexity index is 527. The van der Waals surface area contributed by atoms with Crippen molar-refractivity contribution in [3.8, 4) is 11.5 Å². The molecule has 1 saturated carbocycles. The Morgan fingerprint density at radius 2 is 2.00 bits per heavy atom. The fraction of sp³-hybridized carbons (Fsp3) is 0.588. The van der Waals surface area contributed by atoms with E-state index in [0.717, 1.165) is 19.4 Å². The molecule has 3 rings (SSSR count). The zero-order chi connectivity index (χ0) is 14.8. The average Bonchev–Trinajstić information content (AvgIpc) is 2.53. The second kappa shape index (κ2) is 5.96. The molecule has 2 atom stereocenters. The van der Waals surface area contributed by atoms with Crippen molar-refractivity contribution >= 4 is 5.91 Å². The zero-order valence-electron chi connectivity index (χ0n) is 12.5. The minimum absolute atomic E-state index is 0.0283. The van der Waals surface area contributed by atoms with Crippen molar-refractivity contribution in [3.63, 3.8) is 0 Å². The van der Waals surface area contributed by atoms with Gasteiger partial charge in [0.05, 0.1) is 7.11 Å². The maximum Gasteiger partial charge on any atom is 0.254 e. The Hall–Kier alpha value is -1.71. The first kappa shape index (κ1) is 14.2. The Labute approximate surface area is 125 Å². The molecule has 1 aliphatic heterocycles. The van der Waals surface area contributed by atoms with Crippen molar-refractivity contribution in [2.45, 2.75) is 44.6 Å². The quantitative estimate of drug-likeness (QED) is 0.909.